The average molecular weight is 294 g/mol. The number of nitrogens with one attached hydrogen (secondary N) is 1. The van der Waals surface area contributed by atoms with Crippen LogP contribution in [0, 0.1) is 11.8 Å². The van der Waals surface area contributed by atoms with E-state index in [1.807, 2.05) is 7.05 Å². The van der Waals surface area contributed by atoms with Crippen LogP contribution in [0.25, 0.3) is 4.96 Å². The molecule has 2 rings (SSSR count). The van der Waals surface area contributed by atoms with Gasteiger partial charge in [-0.05, 0) is 18.9 Å². The van der Waals surface area contributed by atoms with Gasteiger partial charge in [-0.2, -0.15) is 0 Å². The molecule has 0 spiro atoms. The van der Waals surface area contributed by atoms with Gasteiger partial charge in [0.2, 0.25) is 0 Å². The minimum atomic E-state index is 0.635. The Morgan fingerprint density at radius 3 is 2.45 bits per heavy atom. The largest absolute Gasteiger partial charge is 0.355 e. The van der Waals surface area contributed by atoms with Gasteiger partial charge < -0.3 is 10.2 Å². The van der Waals surface area contributed by atoms with E-state index in [0.29, 0.717) is 11.8 Å². The summed E-state index contributed by atoms with van der Waals surface area (Å²) >= 11 is 1.70. The lowest BCUT2D eigenvalue weighted by Crippen LogP contribution is -2.32. The van der Waals surface area contributed by atoms with Crippen LogP contribution in [0.5, 0.6) is 0 Å². The molecule has 0 saturated carbocycles. The standard InChI is InChI=1S/C15H26N4S/c1-11(2)9-18(10-12(3)4)14-13(8-16-5)19-6-7-20-15(19)17-14/h6-7,11-12,16H,8-10H2,1-5H3. The van der Waals surface area contributed by atoms with E-state index < -0.39 is 0 Å². The highest BCUT2D eigenvalue weighted by atomic mass is 32.1. The fraction of sp³-hybridized carbons (Fsp3) is 0.667. The summed E-state index contributed by atoms with van der Waals surface area (Å²) in [6, 6.07) is 0. The maximum Gasteiger partial charge on any atom is 0.195 e. The van der Waals surface area contributed by atoms with Crippen molar-refractivity contribution in [2.24, 2.45) is 11.8 Å². The van der Waals surface area contributed by atoms with Gasteiger partial charge in [0.25, 0.3) is 0 Å². The van der Waals surface area contributed by atoms with Crippen LogP contribution < -0.4 is 10.2 Å². The second-order valence-corrected chi connectivity index (χ2v) is 7.03. The van der Waals surface area contributed by atoms with Gasteiger partial charge in [0.15, 0.2) is 10.8 Å². The van der Waals surface area contributed by atoms with E-state index in [0.717, 1.165) is 30.4 Å². The summed E-state index contributed by atoms with van der Waals surface area (Å²) in [4.78, 5) is 8.40. The lowest BCUT2D eigenvalue weighted by molar-refractivity contribution is 0.547. The number of hydrogen-bond donors (Lipinski definition) is 1. The molecule has 20 heavy (non-hydrogen) atoms. The maximum atomic E-state index is 4.87. The zero-order chi connectivity index (χ0) is 14.7. The number of hydrogen-bond acceptors (Lipinski definition) is 4. The Labute approximate surface area is 125 Å². The van der Waals surface area contributed by atoms with Gasteiger partial charge in [-0.25, -0.2) is 4.98 Å². The van der Waals surface area contributed by atoms with Crippen molar-refractivity contribution in [3.63, 3.8) is 0 Å². The number of thiazole rings is 1. The zero-order valence-electron chi connectivity index (χ0n) is 13.2. The summed E-state index contributed by atoms with van der Waals surface area (Å²) in [5.74, 6) is 2.42. The molecule has 0 radical (unpaired) electrons. The van der Waals surface area contributed by atoms with Gasteiger partial charge in [0.1, 0.15) is 0 Å². The molecule has 0 amide bonds. The van der Waals surface area contributed by atoms with Crippen molar-refractivity contribution in [3.05, 3.63) is 17.3 Å². The van der Waals surface area contributed by atoms with E-state index in [2.05, 4.69) is 53.9 Å². The first kappa shape index (κ1) is 15.3. The molecule has 0 aliphatic rings. The molecule has 1 N–H and O–H groups in total. The summed E-state index contributed by atoms with van der Waals surface area (Å²) < 4.78 is 2.21. The van der Waals surface area contributed by atoms with Gasteiger partial charge in [-0.3, -0.25) is 4.40 Å². The first-order valence-corrected chi connectivity index (χ1v) is 8.24. The maximum absolute atomic E-state index is 4.87. The van der Waals surface area contributed by atoms with E-state index in [-0.39, 0.29) is 0 Å². The molecule has 0 aliphatic carbocycles. The molecular weight excluding hydrogens is 268 g/mol. The van der Waals surface area contributed by atoms with E-state index in [1.54, 1.807) is 11.3 Å². The number of imidazole rings is 1. The smallest absolute Gasteiger partial charge is 0.195 e. The van der Waals surface area contributed by atoms with Crippen LogP contribution in [-0.4, -0.2) is 29.5 Å². The number of nitrogens with zero attached hydrogens (tertiary/aromatic N) is 3. The third-order valence-electron chi connectivity index (χ3n) is 3.15. The molecule has 112 valence electrons. The highest BCUT2D eigenvalue weighted by Crippen LogP contribution is 2.26. The Morgan fingerprint density at radius 1 is 1.25 bits per heavy atom. The molecule has 0 bridgehead atoms. The zero-order valence-corrected chi connectivity index (χ0v) is 14.0. The molecular formula is C15H26N4S. The number of rotatable bonds is 7. The molecule has 0 aromatic carbocycles. The van der Waals surface area contributed by atoms with Gasteiger partial charge in [-0.1, -0.05) is 27.7 Å². The molecule has 0 fully saturated rings. The van der Waals surface area contributed by atoms with Crippen LogP contribution in [0.15, 0.2) is 11.6 Å². The summed E-state index contributed by atoms with van der Waals surface area (Å²) in [6.45, 7) is 12.0. The van der Waals surface area contributed by atoms with Gasteiger partial charge >= 0.3 is 0 Å². The molecule has 5 heteroatoms. The summed E-state index contributed by atoms with van der Waals surface area (Å²) in [5.41, 5.74) is 1.27. The predicted molar refractivity (Wildman–Crippen MR) is 87.7 cm³/mol. The molecule has 0 unspecified atom stereocenters. The average Bonchev–Trinajstić information content (AvgIpc) is 2.90. The quantitative estimate of drug-likeness (QED) is 0.851. The fourth-order valence-electron chi connectivity index (χ4n) is 2.54. The fourth-order valence-corrected chi connectivity index (χ4v) is 3.26. The normalized spacial score (nSPS) is 11.9. The van der Waals surface area contributed by atoms with Crippen molar-refractivity contribution in [1.82, 2.24) is 14.7 Å². The monoisotopic (exact) mass is 294 g/mol. The summed E-state index contributed by atoms with van der Waals surface area (Å²) in [7, 11) is 1.99. The second-order valence-electron chi connectivity index (χ2n) is 6.16. The van der Waals surface area contributed by atoms with Crippen LogP contribution in [0.3, 0.4) is 0 Å². The number of fused-ring (bicyclic) bond motifs is 1. The van der Waals surface area contributed by atoms with Crippen molar-refractivity contribution in [3.8, 4) is 0 Å². The topological polar surface area (TPSA) is 32.6 Å². The highest BCUT2D eigenvalue weighted by molar-refractivity contribution is 7.15. The van der Waals surface area contributed by atoms with Crippen molar-refractivity contribution >= 4 is 22.1 Å². The summed E-state index contributed by atoms with van der Waals surface area (Å²) in [6.07, 6.45) is 2.12. The molecule has 0 saturated heterocycles. The molecule has 0 atom stereocenters. The van der Waals surface area contributed by atoms with Gasteiger partial charge in [-0.15, -0.1) is 11.3 Å². The van der Waals surface area contributed by atoms with Crippen LogP contribution in [0.1, 0.15) is 33.4 Å². The highest BCUT2D eigenvalue weighted by Gasteiger charge is 2.20. The van der Waals surface area contributed by atoms with Gasteiger partial charge in [0.05, 0.1) is 5.69 Å². The SMILES string of the molecule is CNCc1c(N(CC(C)C)CC(C)C)nc2sccn12. The van der Waals surface area contributed by atoms with E-state index in [4.69, 9.17) is 4.98 Å². The van der Waals surface area contributed by atoms with Gasteiger partial charge in [0, 0.05) is 31.2 Å². The third kappa shape index (κ3) is 3.33. The van der Waals surface area contributed by atoms with E-state index >= 15 is 0 Å². The Bertz CT molecular complexity index is 531. The Kier molecular flexibility index (Phi) is 5.05. The second kappa shape index (κ2) is 6.59. The number of anilines is 1. The third-order valence-corrected chi connectivity index (χ3v) is 3.91. The first-order chi connectivity index (χ1) is 9.52. The number of aromatic nitrogens is 2. The van der Waals surface area contributed by atoms with Crippen molar-refractivity contribution < 1.29 is 0 Å². The first-order valence-electron chi connectivity index (χ1n) is 7.36. The van der Waals surface area contributed by atoms with Crippen LogP contribution in [-0.2, 0) is 6.54 Å². The van der Waals surface area contributed by atoms with Crippen LogP contribution in [0.4, 0.5) is 5.82 Å². The van der Waals surface area contributed by atoms with Crippen molar-refractivity contribution in [1.29, 1.82) is 0 Å². The Morgan fingerprint density at radius 2 is 1.90 bits per heavy atom. The molecule has 0 aliphatic heterocycles. The van der Waals surface area contributed by atoms with Crippen molar-refractivity contribution in [2.75, 3.05) is 25.0 Å². The molecule has 2 aromatic rings. The predicted octanol–water partition coefficient (Wildman–Crippen LogP) is 3.23. The lowest BCUT2D eigenvalue weighted by atomic mass is 10.1. The van der Waals surface area contributed by atoms with Crippen LogP contribution in [0.2, 0.25) is 0 Å². The summed E-state index contributed by atoms with van der Waals surface area (Å²) in [5, 5.41) is 5.37. The minimum Gasteiger partial charge on any atom is -0.355 e. The minimum absolute atomic E-state index is 0.635. The molecule has 4 nitrogen and oxygen atoms in total. The van der Waals surface area contributed by atoms with E-state index in [9.17, 15) is 0 Å². The van der Waals surface area contributed by atoms with Crippen molar-refractivity contribution in [2.45, 2.75) is 34.2 Å². The Hall–Kier alpha value is -1.07. The van der Waals surface area contributed by atoms with E-state index in [1.165, 1.54) is 5.69 Å². The Balaban J connectivity index is 2.39. The molecule has 2 heterocycles. The molecule has 2 aromatic heterocycles. The van der Waals surface area contributed by atoms with Crippen LogP contribution >= 0.6 is 11.3 Å². The lowest BCUT2D eigenvalue weighted by Gasteiger charge is -2.27.